The summed E-state index contributed by atoms with van der Waals surface area (Å²) in [6.45, 7) is 0. The first-order valence-corrected chi connectivity index (χ1v) is 6.31. The molecule has 1 aliphatic rings. The Balaban J connectivity index is 2.07. The second kappa shape index (κ2) is 5.10. The highest BCUT2D eigenvalue weighted by atomic mass is 79.9. The number of rotatable bonds is 4. The Labute approximate surface area is 99.3 Å². The normalized spacial score (nSPS) is 18.5. The summed E-state index contributed by atoms with van der Waals surface area (Å²) >= 11 is 3.57. The molecule has 0 aliphatic heterocycles. The summed E-state index contributed by atoms with van der Waals surface area (Å²) in [5, 5.41) is 0. The molecule has 1 aromatic rings. The molecule has 0 radical (unpaired) electrons. The van der Waals surface area contributed by atoms with Crippen LogP contribution in [0.25, 0.3) is 0 Å². The SMILES string of the molecule is NNC(CC1CCC1)c1ccccc1Br. The monoisotopic (exact) mass is 268 g/mol. The molecule has 0 spiro atoms. The first-order valence-electron chi connectivity index (χ1n) is 5.52. The second-order valence-corrected chi connectivity index (χ2v) is 5.13. The van der Waals surface area contributed by atoms with E-state index in [1.165, 1.54) is 24.8 Å². The molecule has 0 saturated heterocycles. The molecule has 2 nitrogen and oxygen atoms in total. The Morgan fingerprint density at radius 1 is 1.40 bits per heavy atom. The predicted molar refractivity (Wildman–Crippen MR) is 66.2 cm³/mol. The van der Waals surface area contributed by atoms with Crippen LogP contribution in [0.5, 0.6) is 0 Å². The summed E-state index contributed by atoms with van der Waals surface area (Å²) in [6, 6.07) is 8.58. The molecule has 1 aliphatic carbocycles. The lowest BCUT2D eigenvalue weighted by molar-refractivity contribution is 0.261. The number of hydrogen-bond acceptors (Lipinski definition) is 2. The van der Waals surface area contributed by atoms with Crippen molar-refractivity contribution in [2.45, 2.75) is 31.7 Å². The zero-order valence-electron chi connectivity index (χ0n) is 8.75. The van der Waals surface area contributed by atoms with Gasteiger partial charge in [0.05, 0.1) is 0 Å². The van der Waals surface area contributed by atoms with Crippen molar-refractivity contribution < 1.29 is 0 Å². The molecule has 0 heterocycles. The molecule has 82 valence electrons. The van der Waals surface area contributed by atoms with E-state index >= 15 is 0 Å². The molecular formula is C12H17BrN2. The number of hydrogen-bond donors (Lipinski definition) is 2. The molecule has 1 unspecified atom stereocenters. The van der Waals surface area contributed by atoms with Gasteiger partial charge in [-0.1, -0.05) is 53.4 Å². The van der Waals surface area contributed by atoms with Gasteiger partial charge in [-0.15, -0.1) is 0 Å². The van der Waals surface area contributed by atoms with E-state index < -0.39 is 0 Å². The van der Waals surface area contributed by atoms with Crippen molar-refractivity contribution in [3.63, 3.8) is 0 Å². The summed E-state index contributed by atoms with van der Waals surface area (Å²) in [5.41, 5.74) is 4.20. The molecule has 2 rings (SSSR count). The van der Waals surface area contributed by atoms with Gasteiger partial charge < -0.3 is 0 Å². The van der Waals surface area contributed by atoms with Crippen LogP contribution in [-0.2, 0) is 0 Å². The zero-order chi connectivity index (χ0) is 10.7. The number of halogens is 1. The van der Waals surface area contributed by atoms with Crippen molar-refractivity contribution in [2.24, 2.45) is 11.8 Å². The number of nitrogens with one attached hydrogen (secondary N) is 1. The molecule has 0 bridgehead atoms. The summed E-state index contributed by atoms with van der Waals surface area (Å²) in [4.78, 5) is 0. The van der Waals surface area contributed by atoms with Gasteiger partial charge >= 0.3 is 0 Å². The van der Waals surface area contributed by atoms with E-state index in [4.69, 9.17) is 5.84 Å². The van der Waals surface area contributed by atoms with Crippen molar-refractivity contribution in [1.82, 2.24) is 5.43 Å². The lowest BCUT2D eigenvalue weighted by Crippen LogP contribution is -2.31. The number of hydrazine groups is 1. The average Bonchev–Trinajstić information content (AvgIpc) is 2.19. The molecule has 0 amide bonds. The van der Waals surface area contributed by atoms with Gasteiger partial charge in [0.15, 0.2) is 0 Å². The van der Waals surface area contributed by atoms with E-state index in [1.807, 2.05) is 6.07 Å². The number of benzene rings is 1. The predicted octanol–water partition coefficient (Wildman–Crippen LogP) is 3.14. The van der Waals surface area contributed by atoms with Gasteiger partial charge in [-0.25, -0.2) is 0 Å². The van der Waals surface area contributed by atoms with E-state index in [2.05, 4.69) is 39.6 Å². The van der Waals surface area contributed by atoms with Gasteiger partial charge in [0.2, 0.25) is 0 Å². The van der Waals surface area contributed by atoms with E-state index in [0.29, 0.717) is 0 Å². The fourth-order valence-electron chi connectivity index (χ4n) is 2.10. The first-order chi connectivity index (χ1) is 7.31. The van der Waals surface area contributed by atoms with Crippen LogP contribution in [0.1, 0.15) is 37.3 Å². The molecule has 0 aromatic heterocycles. The smallest absolute Gasteiger partial charge is 0.0473 e. The molecule has 1 aromatic carbocycles. The van der Waals surface area contributed by atoms with Crippen LogP contribution in [0, 0.1) is 5.92 Å². The zero-order valence-corrected chi connectivity index (χ0v) is 10.3. The summed E-state index contributed by atoms with van der Waals surface area (Å²) in [7, 11) is 0. The van der Waals surface area contributed by atoms with Crippen LogP contribution in [0.15, 0.2) is 28.7 Å². The van der Waals surface area contributed by atoms with Gasteiger partial charge in [0.25, 0.3) is 0 Å². The molecule has 3 heteroatoms. The molecule has 15 heavy (non-hydrogen) atoms. The minimum atomic E-state index is 0.283. The average molecular weight is 269 g/mol. The second-order valence-electron chi connectivity index (χ2n) is 4.27. The number of nitrogens with two attached hydrogens (primary N) is 1. The van der Waals surface area contributed by atoms with Crippen LogP contribution < -0.4 is 11.3 Å². The third-order valence-corrected chi connectivity index (χ3v) is 4.00. The van der Waals surface area contributed by atoms with Crippen LogP contribution in [0.2, 0.25) is 0 Å². The highest BCUT2D eigenvalue weighted by Crippen LogP contribution is 2.36. The molecular weight excluding hydrogens is 252 g/mol. The lowest BCUT2D eigenvalue weighted by Gasteiger charge is -2.29. The Morgan fingerprint density at radius 2 is 2.13 bits per heavy atom. The minimum Gasteiger partial charge on any atom is -0.271 e. The minimum absolute atomic E-state index is 0.283. The van der Waals surface area contributed by atoms with Crippen molar-refractivity contribution >= 4 is 15.9 Å². The molecule has 1 saturated carbocycles. The van der Waals surface area contributed by atoms with E-state index in [0.717, 1.165) is 16.8 Å². The van der Waals surface area contributed by atoms with Crippen molar-refractivity contribution in [1.29, 1.82) is 0 Å². The summed E-state index contributed by atoms with van der Waals surface area (Å²) in [6.07, 6.45) is 5.27. The van der Waals surface area contributed by atoms with Crippen LogP contribution >= 0.6 is 15.9 Å². The van der Waals surface area contributed by atoms with Crippen LogP contribution in [0.4, 0.5) is 0 Å². The fourth-order valence-corrected chi connectivity index (χ4v) is 2.67. The standard InChI is InChI=1S/C12H17BrN2/c13-11-7-2-1-6-10(11)12(15-14)8-9-4-3-5-9/h1-2,6-7,9,12,15H,3-5,8,14H2. The van der Waals surface area contributed by atoms with E-state index in [1.54, 1.807) is 0 Å². The van der Waals surface area contributed by atoms with Crippen molar-refractivity contribution in [2.75, 3.05) is 0 Å². The lowest BCUT2D eigenvalue weighted by atomic mass is 9.80. The van der Waals surface area contributed by atoms with Crippen molar-refractivity contribution in [3.05, 3.63) is 34.3 Å². The van der Waals surface area contributed by atoms with Gasteiger partial charge in [-0.2, -0.15) is 0 Å². The topological polar surface area (TPSA) is 38.0 Å². The summed E-state index contributed by atoms with van der Waals surface area (Å²) in [5.74, 6) is 6.49. The molecule has 1 atom stereocenters. The first kappa shape index (κ1) is 11.1. The molecule has 1 fully saturated rings. The third-order valence-electron chi connectivity index (χ3n) is 3.28. The Kier molecular flexibility index (Phi) is 3.78. The van der Waals surface area contributed by atoms with Crippen LogP contribution in [0.3, 0.4) is 0 Å². The van der Waals surface area contributed by atoms with E-state index in [-0.39, 0.29) is 6.04 Å². The van der Waals surface area contributed by atoms with Gasteiger partial charge in [0.1, 0.15) is 0 Å². The fraction of sp³-hybridized carbons (Fsp3) is 0.500. The molecule has 3 N–H and O–H groups in total. The largest absolute Gasteiger partial charge is 0.271 e. The highest BCUT2D eigenvalue weighted by Gasteiger charge is 2.23. The Morgan fingerprint density at radius 3 is 2.67 bits per heavy atom. The Hall–Kier alpha value is -0.380. The van der Waals surface area contributed by atoms with Gasteiger partial charge in [0, 0.05) is 10.5 Å². The van der Waals surface area contributed by atoms with Crippen LogP contribution in [-0.4, -0.2) is 0 Å². The highest BCUT2D eigenvalue weighted by molar-refractivity contribution is 9.10. The summed E-state index contributed by atoms with van der Waals surface area (Å²) < 4.78 is 1.15. The maximum Gasteiger partial charge on any atom is 0.0473 e. The van der Waals surface area contributed by atoms with Crippen molar-refractivity contribution in [3.8, 4) is 0 Å². The third kappa shape index (κ3) is 2.60. The quantitative estimate of drug-likeness (QED) is 0.651. The maximum atomic E-state index is 5.63. The van der Waals surface area contributed by atoms with Gasteiger partial charge in [-0.05, 0) is 24.0 Å². The van der Waals surface area contributed by atoms with E-state index in [9.17, 15) is 0 Å². The van der Waals surface area contributed by atoms with Gasteiger partial charge in [-0.3, -0.25) is 11.3 Å². The maximum absolute atomic E-state index is 5.63. The Bertz CT molecular complexity index is 323.